The van der Waals surface area contributed by atoms with Crippen molar-refractivity contribution in [3.63, 3.8) is 0 Å². The molecule has 0 N–H and O–H groups in total. The van der Waals surface area contributed by atoms with E-state index in [-0.39, 0.29) is 22.6 Å². The first-order valence-electron chi connectivity index (χ1n) is 8.33. The third-order valence-electron chi connectivity index (χ3n) is 4.56. The minimum atomic E-state index is -3.75. The second-order valence-corrected chi connectivity index (χ2v) is 8.37. The van der Waals surface area contributed by atoms with E-state index >= 15 is 0 Å². The molecule has 6 heteroatoms. The minimum Gasteiger partial charge on any atom is -0.258 e. The summed E-state index contributed by atoms with van der Waals surface area (Å²) in [6.45, 7) is 3.61. The van der Waals surface area contributed by atoms with E-state index in [1.807, 2.05) is 6.92 Å². The lowest BCUT2D eigenvalue weighted by Crippen LogP contribution is -2.15. The SMILES string of the molecule is CCC(c1ccc2ccccc2c1[N+](=O)[O-])S(=O)(=O)c1ccc(C)cc1. The van der Waals surface area contributed by atoms with Crippen molar-refractivity contribution in [3.8, 4) is 0 Å². The Bertz CT molecular complexity index is 1070. The summed E-state index contributed by atoms with van der Waals surface area (Å²) in [5, 5.41) is 12.0. The van der Waals surface area contributed by atoms with Crippen molar-refractivity contribution < 1.29 is 13.3 Å². The second-order valence-electron chi connectivity index (χ2n) is 6.24. The maximum Gasteiger partial charge on any atom is 0.281 e. The van der Waals surface area contributed by atoms with Gasteiger partial charge in [0.15, 0.2) is 9.84 Å². The number of nitro benzene ring substituents is 1. The average Bonchev–Trinajstić information content (AvgIpc) is 2.62. The highest BCUT2D eigenvalue weighted by Gasteiger charge is 2.33. The molecule has 0 radical (unpaired) electrons. The summed E-state index contributed by atoms with van der Waals surface area (Å²) in [5.41, 5.74) is 1.05. The molecule has 1 unspecified atom stereocenters. The lowest BCUT2D eigenvalue weighted by Gasteiger charge is -2.17. The highest BCUT2D eigenvalue weighted by atomic mass is 32.2. The average molecular weight is 369 g/mol. The Morgan fingerprint density at radius 3 is 2.27 bits per heavy atom. The molecule has 0 aliphatic carbocycles. The normalized spacial score (nSPS) is 12.8. The van der Waals surface area contributed by atoms with Gasteiger partial charge in [-0.05, 0) is 36.9 Å². The van der Waals surface area contributed by atoms with E-state index in [4.69, 9.17) is 0 Å². The molecule has 3 aromatic rings. The summed E-state index contributed by atoms with van der Waals surface area (Å²) < 4.78 is 26.3. The van der Waals surface area contributed by atoms with E-state index in [0.717, 1.165) is 5.56 Å². The Balaban J connectivity index is 2.24. The van der Waals surface area contributed by atoms with Gasteiger partial charge in [0.2, 0.25) is 0 Å². The number of fused-ring (bicyclic) bond motifs is 1. The number of benzene rings is 3. The van der Waals surface area contributed by atoms with Crippen LogP contribution < -0.4 is 0 Å². The molecule has 0 aromatic heterocycles. The highest BCUT2D eigenvalue weighted by molar-refractivity contribution is 7.91. The van der Waals surface area contributed by atoms with E-state index in [2.05, 4.69) is 0 Å². The topological polar surface area (TPSA) is 77.3 Å². The van der Waals surface area contributed by atoms with E-state index in [9.17, 15) is 18.5 Å². The number of hydrogen-bond acceptors (Lipinski definition) is 4. The number of sulfone groups is 1. The zero-order valence-electron chi connectivity index (χ0n) is 14.5. The van der Waals surface area contributed by atoms with Gasteiger partial charge in [0.1, 0.15) is 0 Å². The zero-order chi connectivity index (χ0) is 18.9. The number of nitrogens with zero attached hydrogens (tertiary/aromatic N) is 1. The van der Waals surface area contributed by atoms with Gasteiger partial charge >= 0.3 is 0 Å². The molecule has 26 heavy (non-hydrogen) atoms. The Morgan fingerprint density at radius 1 is 1.00 bits per heavy atom. The summed E-state index contributed by atoms with van der Waals surface area (Å²) in [5.74, 6) is 0. The van der Waals surface area contributed by atoms with Crippen molar-refractivity contribution in [3.05, 3.63) is 81.9 Å². The zero-order valence-corrected chi connectivity index (χ0v) is 15.4. The molecule has 0 fully saturated rings. The third-order valence-corrected chi connectivity index (χ3v) is 6.82. The van der Waals surface area contributed by atoms with Gasteiger partial charge in [0, 0.05) is 5.56 Å². The van der Waals surface area contributed by atoms with Crippen LogP contribution in [-0.2, 0) is 9.84 Å². The van der Waals surface area contributed by atoms with Gasteiger partial charge in [-0.2, -0.15) is 0 Å². The molecule has 0 amide bonds. The molecule has 1 atom stereocenters. The molecular weight excluding hydrogens is 350 g/mol. The minimum absolute atomic E-state index is 0.134. The Hall–Kier alpha value is -2.73. The Kier molecular flexibility index (Phi) is 4.78. The van der Waals surface area contributed by atoms with Crippen LogP contribution in [0.1, 0.15) is 29.7 Å². The molecule has 0 saturated carbocycles. The van der Waals surface area contributed by atoms with Crippen molar-refractivity contribution in [1.82, 2.24) is 0 Å². The van der Waals surface area contributed by atoms with Crippen LogP contribution in [0.5, 0.6) is 0 Å². The Labute approximate surface area is 152 Å². The summed E-state index contributed by atoms with van der Waals surface area (Å²) in [6.07, 6.45) is 0.245. The largest absolute Gasteiger partial charge is 0.281 e. The van der Waals surface area contributed by atoms with Crippen LogP contribution in [0.25, 0.3) is 10.8 Å². The number of aryl methyl sites for hydroxylation is 1. The molecule has 0 spiro atoms. The maximum absolute atomic E-state index is 13.2. The van der Waals surface area contributed by atoms with Crippen molar-refractivity contribution >= 4 is 26.3 Å². The van der Waals surface area contributed by atoms with Gasteiger partial charge in [-0.25, -0.2) is 8.42 Å². The molecule has 0 aliphatic rings. The van der Waals surface area contributed by atoms with Crippen LogP contribution in [0.15, 0.2) is 65.6 Å². The van der Waals surface area contributed by atoms with Gasteiger partial charge in [-0.3, -0.25) is 10.1 Å². The first-order valence-corrected chi connectivity index (χ1v) is 9.87. The van der Waals surface area contributed by atoms with Crippen molar-refractivity contribution in [2.24, 2.45) is 0 Å². The summed E-state index contributed by atoms with van der Waals surface area (Å²) in [7, 11) is -3.75. The van der Waals surface area contributed by atoms with Gasteiger partial charge in [0.25, 0.3) is 5.69 Å². The predicted molar refractivity (Wildman–Crippen MR) is 102 cm³/mol. The quantitative estimate of drug-likeness (QED) is 0.469. The van der Waals surface area contributed by atoms with E-state index in [1.165, 1.54) is 0 Å². The fraction of sp³-hybridized carbons (Fsp3) is 0.200. The lowest BCUT2D eigenvalue weighted by atomic mass is 10.0. The van der Waals surface area contributed by atoms with E-state index in [0.29, 0.717) is 10.8 Å². The van der Waals surface area contributed by atoms with E-state index in [1.54, 1.807) is 67.6 Å². The molecule has 0 aliphatic heterocycles. The summed E-state index contributed by atoms with van der Waals surface area (Å²) >= 11 is 0. The predicted octanol–water partition coefficient (Wildman–Crippen LogP) is 4.98. The van der Waals surface area contributed by atoms with Gasteiger partial charge in [0.05, 0.1) is 20.5 Å². The van der Waals surface area contributed by atoms with Crippen LogP contribution in [0.3, 0.4) is 0 Å². The van der Waals surface area contributed by atoms with Crippen LogP contribution >= 0.6 is 0 Å². The number of hydrogen-bond donors (Lipinski definition) is 0. The highest BCUT2D eigenvalue weighted by Crippen LogP contribution is 2.40. The van der Waals surface area contributed by atoms with Crippen molar-refractivity contribution in [2.45, 2.75) is 30.4 Å². The maximum atomic E-state index is 13.2. The lowest BCUT2D eigenvalue weighted by molar-refractivity contribution is -0.383. The fourth-order valence-electron chi connectivity index (χ4n) is 3.23. The van der Waals surface area contributed by atoms with Crippen LogP contribution in [-0.4, -0.2) is 13.3 Å². The summed E-state index contributed by atoms with van der Waals surface area (Å²) in [4.78, 5) is 11.5. The van der Waals surface area contributed by atoms with Gasteiger partial charge < -0.3 is 0 Å². The van der Waals surface area contributed by atoms with Gasteiger partial charge in [-0.1, -0.05) is 55.0 Å². The first-order chi connectivity index (χ1) is 12.4. The standard InChI is InChI=1S/C20H19NO4S/c1-3-19(26(24,25)16-11-8-14(2)9-12-16)18-13-10-15-6-4-5-7-17(15)20(18)21(22)23/h4-13,19H,3H2,1-2H3. The number of rotatable bonds is 5. The molecule has 3 rings (SSSR count). The van der Waals surface area contributed by atoms with Crippen LogP contribution in [0.2, 0.25) is 0 Å². The fourth-order valence-corrected chi connectivity index (χ4v) is 5.04. The smallest absolute Gasteiger partial charge is 0.258 e. The van der Waals surface area contributed by atoms with Crippen LogP contribution in [0.4, 0.5) is 5.69 Å². The van der Waals surface area contributed by atoms with E-state index < -0.39 is 20.0 Å². The van der Waals surface area contributed by atoms with Gasteiger partial charge in [-0.15, -0.1) is 0 Å². The Morgan fingerprint density at radius 2 is 1.65 bits per heavy atom. The van der Waals surface area contributed by atoms with Crippen LogP contribution in [0, 0.1) is 17.0 Å². The molecule has 134 valence electrons. The molecule has 0 saturated heterocycles. The molecule has 0 heterocycles. The summed E-state index contributed by atoms with van der Waals surface area (Å²) in [6, 6.07) is 16.8. The molecule has 5 nitrogen and oxygen atoms in total. The van der Waals surface area contributed by atoms with Crippen molar-refractivity contribution in [2.75, 3.05) is 0 Å². The molecule has 3 aromatic carbocycles. The van der Waals surface area contributed by atoms with Crippen molar-refractivity contribution in [1.29, 1.82) is 0 Å². The third kappa shape index (κ3) is 3.08. The monoisotopic (exact) mass is 369 g/mol. The first kappa shape index (κ1) is 18.1. The molecular formula is C20H19NO4S. The number of nitro groups is 1. The molecule has 0 bridgehead atoms. The second kappa shape index (κ2) is 6.88.